The maximum atomic E-state index is 8.94. The summed E-state index contributed by atoms with van der Waals surface area (Å²) in [5, 5.41) is 19.7. The number of hydrogen-bond donors (Lipinski definition) is 1. The topological polar surface area (TPSA) is 61.6 Å². The third kappa shape index (κ3) is 2.74. The zero-order valence-corrected chi connectivity index (χ0v) is 10.0. The quantitative estimate of drug-likeness (QED) is 0.838. The summed E-state index contributed by atoms with van der Waals surface area (Å²) >= 11 is 1.66. The fraction of sp³-hybridized carbons (Fsp3) is 0.0833. The molecule has 0 saturated heterocycles. The van der Waals surface area contributed by atoms with Gasteiger partial charge >= 0.3 is 0 Å². The van der Waals surface area contributed by atoms with Crippen LogP contribution in [-0.4, -0.2) is 16.5 Å². The molecule has 1 aromatic carbocycles. The molecule has 0 aliphatic heterocycles. The van der Waals surface area contributed by atoms with E-state index in [2.05, 4.69) is 21.6 Å². The Labute approximate surface area is 104 Å². The minimum absolute atomic E-state index is 0.480. The summed E-state index contributed by atoms with van der Waals surface area (Å²) in [5.41, 5.74) is 1.38. The van der Waals surface area contributed by atoms with Gasteiger partial charge in [0.1, 0.15) is 6.07 Å². The first-order valence-electron chi connectivity index (χ1n) is 4.96. The van der Waals surface area contributed by atoms with E-state index in [0.29, 0.717) is 11.4 Å². The van der Waals surface area contributed by atoms with Crippen LogP contribution in [0.1, 0.15) is 5.56 Å². The summed E-state index contributed by atoms with van der Waals surface area (Å²) in [4.78, 5) is 1.15. The number of aromatic nitrogens is 2. The predicted octanol–water partition coefficient (Wildman–Crippen LogP) is 2.81. The maximum Gasteiger partial charge on any atom is 0.171 e. The van der Waals surface area contributed by atoms with Gasteiger partial charge in [-0.25, -0.2) is 0 Å². The molecule has 0 aliphatic carbocycles. The van der Waals surface area contributed by atoms with Gasteiger partial charge in [0.05, 0.1) is 11.8 Å². The van der Waals surface area contributed by atoms with Crippen LogP contribution >= 0.6 is 11.8 Å². The monoisotopic (exact) mass is 242 g/mol. The molecule has 5 heteroatoms. The summed E-state index contributed by atoms with van der Waals surface area (Å²) in [6.45, 7) is 0. The average molecular weight is 242 g/mol. The van der Waals surface area contributed by atoms with Gasteiger partial charge in [-0.05, 0) is 30.5 Å². The molecule has 1 aromatic heterocycles. The highest BCUT2D eigenvalue weighted by molar-refractivity contribution is 7.98. The van der Waals surface area contributed by atoms with E-state index in [-0.39, 0.29) is 0 Å². The first-order valence-corrected chi connectivity index (χ1v) is 6.19. The molecule has 0 fully saturated rings. The van der Waals surface area contributed by atoms with Crippen molar-refractivity contribution < 1.29 is 0 Å². The standard InChI is InChI=1S/C12H10N4S/c1-17-11-4-2-3-10(7-11)15-12-9(8-13)5-6-14-16-12/h2-7H,1H3,(H,15,16). The number of nitrogens with one attached hydrogen (secondary N) is 1. The van der Waals surface area contributed by atoms with Crippen LogP contribution < -0.4 is 5.32 Å². The summed E-state index contributed by atoms with van der Waals surface area (Å²) in [5.74, 6) is 0.480. The molecule has 0 atom stereocenters. The number of nitrogens with zero attached hydrogens (tertiary/aromatic N) is 3. The largest absolute Gasteiger partial charge is 0.338 e. The van der Waals surface area contributed by atoms with Crippen molar-refractivity contribution in [3.05, 3.63) is 42.1 Å². The molecule has 4 nitrogen and oxygen atoms in total. The first-order chi connectivity index (χ1) is 8.33. The predicted molar refractivity (Wildman–Crippen MR) is 68.3 cm³/mol. The third-order valence-electron chi connectivity index (χ3n) is 2.17. The molecule has 0 unspecified atom stereocenters. The molecule has 0 amide bonds. The van der Waals surface area contributed by atoms with Gasteiger partial charge in [-0.1, -0.05) is 6.07 Å². The van der Waals surface area contributed by atoms with Gasteiger partial charge in [0.15, 0.2) is 5.82 Å². The van der Waals surface area contributed by atoms with Crippen LogP contribution in [-0.2, 0) is 0 Å². The van der Waals surface area contributed by atoms with Crippen LogP contribution in [0.3, 0.4) is 0 Å². The third-order valence-corrected chi connectivity index (χ3v) is 2.90. The molecule has 0 saturated carbocycles. The summed E-state index contributed by atoms with van der Waals surface area (Å²) in [7, 11) is 0. The molecule has 0 bridgehead atoms. The molecule has 84 valence electrons. The van der Waals surface area contributed by atoms with E-state index in [4.69, 9.17) is 5.26 Å². The van der Waals surface area contributed by atoms with Crippen LogP contribution in [0.4, 0.5) is 11.5 Å². The Morgan fingerprint density at radius 3 is 3.00 bits per heavy atom. The smallest absolute Gasteiger partial charge is 0.171 e. The molecule has 2 aromatic rings. The molecule has 0 aliphatic rings. The van der Waals surface area contributed by atoms with Gasteiger partial charge < -0.3 is 5.32 Å². The zero-order chi connectivity index (χ0) is 12.1. The molecule has 0 spiro atoms. The second-order valence-electron chi connectivity index (χ2n) is 3.26. The second-order valence-corrected chi connectivity index (χ2v) is 4.14. The molecule has 2 rings (SSSR count). The molecular formula is C12H10N4S. The number of rotatable bonds is 3. The Balaban J connectivity index is 2.28. The molecular weight excluding hydrogens is 232 g/mol. The van der Waals surface area contributed by atoms with Crippen LogP contribution in [0.15, 0.2) is 41.4 Å². The lowest BCUT2D eigenvalue weighted by Crippen LogP contribution is -1.98. The van der Waals surface area contributed by atoms with Crippen LogP contribution in [0.2, 0.25) is 0 Å². The van der Waals surface area contributed by atoms with Gasteiger partial charge in [0.2, 0.25) is 0 Å². The van der Waals surface area contributed by atoms with E-state index in [1.165, 1.54) is 6.20 Å². The van der Waals surface area contributed by atoms with E-state index in [1.807, 2.05) is 30.5 Å². The van der Waals surface area contributed by atoms with E-state index in [0.717, 1.165) is 10.6 Å². The summed E-state index contributed by atoms with van der Waals surface area (Å²) < 4.78 is 0. The van der Waals surface area contributed by atoms with E-state index < -0.39 is 0 Å². The average Bonchev–Trinajstić information content (AvgIpc) is 2.39. The van der Waals surface area contributed by atoms with Crippen molar-refractivity contribution in [1.82, 2.24) is 10.2 Å². The highest BCUT2D eigenvalue weighted by Crippen LogP contribution is 2.22. The van der Waals surface area contributed by atoms with Gasteiger partial charge in [-0.2, -0.15) is 10.4 Å². The Bertz CT molecular complexity index is 562. The number of benzene rings is 1. The Morgan fingerprint density at radius 2 is 2.24 bits per heavy atom. The number of hydrogen-bond acceptors (Lipinski definition) is 5. The lowest BCUT2D eigenvalue weighted by atomic mass is 10.3. The lowest BCUT2D eigenvalue weighted by Gasteiger charge is -2.06. The molecule has 1 N–H and O–H groups in total. The van der Waals surface area contributed by atoms with Gasteiger partial charge in [0, 0.05) is 10.6 Å². The molecule has 0 radical (unpaired) electrons. The minimum atomic E-state index is 0.480. The highest BCUT2D eigenvalue weighted by atomic mass is 32.2. The van der Waals surface area contributed by atoms with Gasteiger partial charge in [0.25, 0.3) is 0 Å². The molecule has 17 heavy (non-hydrogen) atoms. The highest BCUT2D eigenvalue weighted by Gasteiger charge is 2.03. The van der Waals surface area contributed by atoms with Crippen LogP contribution in [0, 0.1) is 11.3 Å². The second kappa shape index (κ2) is 5.32. The lowest BCUT2D eigenvalue weighted by molar-refractivity contribution is 1.03. The fourth-order valence-electron chi connectivity index (χ4n) is 1.35. The summed E-state index contributed by atoms with van der Waals surface area (Å²) in [6, 6.07) is 11.6. The van der Waals surface area contributed by atoms with Gasteiger partial charge in [-0.3, -0.25) is 0 Å². The van der Waals surface area contributed by atoms with E-state index >= 15 is 0 Å². The fourth-order valence-corrected chi connectivity index (χ4v) is 1.81. The molecule has 1 heterocycles. The van der Waals surface area contributed by atoms with Crippen molar-refractivity contribution in [1.29, 1.82) is 5.26 Å². The number of nitriles is 1. The SMILES string of the molecule is CSc1cccc(Nc2nnccc2C#N)c1. The van der Waals surface area contributed by atoms with Crippen molar-refractivity contribution in [2.45, 2.75) is 4.90 Å². The van der Waals surface area contributed by atoms with Crippen LogP contribution in [0.5, 0.6) is 0 Å². The number of thioether (sulfide) groups is 1. The number of anilines is 2. The summed E-state index contributed by atoms with van der Waals surface area (Å²) in [6.07, 6.45) is 3.52. The van der Waals surface area contributed by atoms with Crippen molar-refractivity contribution in [2.24, 2.45) is 0 Å². The minimum Gasteiger partial charge on any atom is -0.338 e. The maximum absolute atomic E-state index is 8.94. The van der Waals surface area contributed by atoms with Crippen molar-refractivity contribution in [3.63, 3.8) is 0 Å². The van der Waals surface area contributed by atoms with Gasteiger partial charge in [-0.15, -0.1) is 16.9 Å². The van der Waals surface area contributed by atoms with Crippen molar-refractivity contribution in [2.75, 3.05) is 11.6 Å². The van der Waals surface area contributed by atoms with Crippen LogP contribution in [0.25, 0.3) is 0 Å². The zero-order valence-electron chi connectivity index (χ0n) is 9.21. The normalized spacial score (nSPS) is 9.65. The van der Waals surface area contributed by atoms with E-state index in [9.17, 15) is 0 Å². The Hall–Kier alpha value is -2.06. The van der Waals surface area contributed by atoms with E-state index in [1.54, 1.807) is 17.8 Å². The Kier molecular flexibility index (Phi) is 3.58. The van der Waals surface area contributed by atoms with Crippen molar-refractivity contribution in [3.8, 4) is 6.07 Å². The first kappa shape index (κ1) is 11.4. The van der Waals surface area contributed by atoms with Crippen molar-refractivity contribution >= 4 is 23.3 Å². The Morgan fingerprint density at radius 1 is 1.35 bits per heavy atom.